The Kier molecular flexibility index (Phi) is 11.3. The first-order chi connectivity index (χ1) is 16.4. The van der Waals surface area contributed by atoms with E-state index in [1.165, 1.54) is 28.3 Å². The van der Waals surface area contributed by atoms with Crippen LogP contribution in [-0.2, 0) is 16.4 Å². The summed E-state index contributed by atoms with van der Waals surface area (Å²) >= 11 is 0. The molecule has 4 N–H and O–H groups in total. The van der Waals surface area contributed by atoms with Gasteiger partial charge in [0.1, 0.15) is 11.6 Å². The second kappa shape index (κ2) is 13.3. The van der Waals surface area contributed by atoms with Crippen molar-refractivity contribution in [3.63, 3.8) is 0 Å². The predicted molar refractivity (Wildman–Crippen MR) is 142 cm³/mol. The average Bonchev–Trinajstić information content (AvgIpc) is 2.78. The molecule has 36 heavy (non-hydrogen) atoms. The lowest BCUT2D eigenvalue weighted by Crippen LogP contribution is -2.46. The molecule has 1 fully saturated rings. The van der Waals surface area contributed by atoms with E-state index in [2.05, 4.69) is 31.3 Å². The Labute approximate surface area is 219 Å². The van der Waals surface area contributed by atoms with Crippen LogP contribution < -0.4 is 11.1 Å². The molecule has 1 aliphatic rings. The van der Waals surface area contributed by atoms with E-state index in [1.54, 1.807) is 0 Å². The first kappa shape index (κ1) is 30.6. The van der Waals surface area contributed by atoms with E-state index in [4.69, 9.17) is 5.73 Å². The summed E-state index contributed by atoms with van der Waals surface area (Å²) in [5.74, 6) is -0.819. The highest BCUT2D eigenvalue weighted by Crippen LogP contribution is 2.33. The Morgan fingerprint density at radius 3 is 2.22 bits per heavy atom. The number of piperidine rings is 1. The van der Waals surface area contributed by atoms with Crippen LogP contribution in [0.5, 0.6) is 0 Å². The number of nitrogens with zero attached hydrogens (tertiary/aromatic N) is 1. The standard InChI is InChI=1S/C26H37F2N3O3S.ClH/c1-17(2)20-5-4-6-21(14-20)26(19-7-9-31(10-8-19)35(3,33)34)30-16-25(32)24(29)13-18-11-22(27)15-23(28)12-18;/h4-6,11-12,14-15,17,19,24-26,30,32H,7-10,13,16,29H2,1-3H3;1H. The largest absolute Gasteiger partial charge is 0.390 e. The Morgan fingerprint density at radius 1 is 1.08 bits per heavy atom. The van der Waals surface area contributed by atoms with Crippen LogP contribution in [0.15, 0.2) is 42.5 Å². The minimum atomic E-state index is -3.23. The SMILES string of the molecule is CC(C)c1cccc(C(NCC(O)C(N)Cc2cc(F)cc(F)c2)C2CCN(S(C)(=O)=O)CC2)c1.Cl. The van der Waals surface area contributed by atoms with Crippen molar-refractivity contribution < 1.29 is 22.3 Å². The Bertz CT molecular complexity index is 1080. The van der Waals surface area contributed by atoms with Crippen molar-refractivity contribution in [2.24, 2.45) is 11.7 Å². The van der Waals surface area contributed by atoms with Crippen molar-refractivity contribution >= 4 is 22.4 Å². The summed E-state index contributed by atoms with van der Waals surface area (Å²) in [6, 6.07) is 10.8. The van der Waals surface area contributed by atoms with Crippen LogP contribution >= 0.6 is 12.4 Å². The molecule has 0 amide bonds. The molecule has 3 rings (SSSR count). The van der Waals surface area contributed by atoms with Gasteiger partial charge in [-0.15, -0.1) is 12.4 Å². The van der Waals surface area contributed by atoms with Crippen molar-refractivity contribution in [2.75, 3.05) is 25.9 Å². The fourth-order valence-corrected chi connectivity index (χ4v) is 5.62. The molecule has 0 aromatic heterocycles. The quantitative estimate of drug-likeness (QED) is 0.423. The molecule has 202 valence electrons. The van der Waals surface area contributed by atoms with Gasteiger partial charge in [0.2, 0.25) is 10.0 Å². The maximum atomic E-state index is 13.5. The lowest BCUT2D eigenvalue weighted by Gasteiger charge is -2.36. The second-order valence-electron chi connectivity index (χ2n) is 9.92. The normalized spacial score (nSPS) is 18.0. The van der Waals surface area contributed by atoms with Gasteiger partial charge in [0.05, 0.1) is 12.4 Å². The fraction of sp³-hybridized carbons (Fsp3) is 0.538. The van der Waals surface area contributed by atoms with Crippen LogP contribution in [0.25, 0.3) is 0 Å². The summed E-state index contributed by atoms with van der Waals surface area (Å²) in [6.45, 7) is 5.37. The van der Waals surface area contributed by atoms with Gasteiger partial charge in [-0.05, 0) is 59.9 Å². The van der Waals surface area contributed by atoms with Gasteiger partial charge in [0, 0.05) is 37.8 Å². The first-order valence-electron chi connectivity index (χ1n) is 12.1. The minimum absolute atomic E-state index is 0. The molecule has 1 heterocycles. The molecule has 0 aliphatic carbocycles. The maximum absolute atomic E-state index is 13.5. The van der Waals surface area contributed by atoms with Crippen molar-refractivity contribution in [3.05, 3.63) is 70.8 Å². The highest BCUT2D eigenvalue weighted by molar-refractivity contribution is 7.88. The molecule has 0 radical (unpaired) electrons. The van der Waals surface area contributed by atoms with Gasteiger partial charge < -0.3 is 16.2 Å². The minimum Gasteiger partial charge on any atom is -0.390 e. The van der Waals surface area contributed by atoms with Gasteiger partial charge >= 0.3 is 0 Å². The van der Waals surface area contributed by atoms with Gasteiger partial charge in [0.25, 0.3) is 0 Å². The Hall–Kier alpha value is -1.62. The fourth-order valence-electron chi connectivity index (χ4n) is 4.75. The summed E-state index contributed by atoms with van der Waals surface area (Å²) in [7, 11) is -3.23. The molecule has 3 atom stereocenters. The lowest BCUT2D eigenvalue weighted by molar-refractivity contribution is 0.128. The van der Waals surface area contributed by atoms with Crippen molar-refractivity contribution in [2.45, 2.75) is 57.2 Å². The predicted octanol–water partition coefficient (Wildman–Crippen LogP) is 3.74. The van der Waals surface area contributed by atoms with Gasteiger partial charge in [-0.1, -0.05) is 38.1 Å². The average molecular weight is 546 g/mol. The van der Waals surface area contributed by atoms with Crippen LogP contribution in [0.4, 0.5) is 8.78 Å². The molecule has 3 unspecified atom stereocenters. The van der Waals surface area contributed by atoms with Gasteiger partial charge in [-0.3, -0.25) is 0 Å². The monoisotopic (exact) mass is 545 g/mol. The number of hydrogen-bond donors (Lipinski definition) is 3. The van der Waals surface area contributed by atoms with Gasteiger partial charge in [-0.2, -0.15) is 0 Å². The number of nitrogens with two attached hydrogens (primary N) is 1. The molecular weight excluding hydrogens is 508 g/mol. The molecule has 1 saturated heterocycles. The molecular formula is C26H38ClF2N3O3S. The van der Waals surface area contributed by atoms with Gasteiger partial charge in [-0.25, -0.2) is 21.5 Å². The Balaban J connectivity index is 0.00000456. The third kappa shape index (κ3) is 8.46. The Morgan fingerprint density at radius 2 is 1.67 bits per heavy atom. The van der Waals surface area contributed by atoms with Gasteiger partial charge in [0.15, 0.2) is 0 Å². The van der Waals surface area contributed by atoms with E-state index in [0.29, 0.717) is 37.4 Å². The third-order valence-corrected chi connectivity index (χ3v) is 8.11. The molecule has 0 saturated carbocycles. The molecule has 0 spiro atoms. The summed E-state index contributed by atoms with van der Waals surface area (Å²) in [4.78, 5) is 0. The molecule has 10 heteroatoms. The van der Waals surface area contributed by atoms with Crippen molar-refractivity contribution in [3.8, 4) is 0 Å². The zero-order chi connectivity index (χ0) is 25.8. The molecule has 2 aromatic carbocycles. The summed E-state index contributed by atoms with van der Waals surface area (Å²) in [5, 5.41) is 14.2. The van der Waals surface area contributed by atoms with Crippen LogP contribution in [0.2, 0.25) is 0 Å². The second-order valence-corrected chi connectivity index (χ2v) is 11.9. The van der Waals surface area contributed by atoms with Crippen molar-refractivity contribution in [1.82, 2.24) is 9.62 Å². The smallest absolute Gasteiger partial charge is 0.211 e. The van der Waals surface area contributed by atoms with Crippen LogP contribution in [-0.4, -0.2) is 55.9 Å². The van der Waals surface area contributed by atoms with Crippen LogP contribution in [0.3, 0.4) is 0 Å². The van der Waals surface area contributed by atoms with E-state index in [9.17, 15) is 22.3 Å². The summed E-state index contributed by atoms with van der Waals surface area (Å²) in [5.41, 5.74) is 8.85. The van der Waals surface area contributed by atoms with E-state index in [1.807, 2.05) is 12.1 Å². The zero-order valence-electron chi connectivity index (χ0n) is 21.0. The van der Waals surface area contributed by atoms with Crippen LogP contribution in [0.1, 0.15) is 55.3 Å². The number of hydrogen-bond acceptors (Lipinski definition) is 5. The summed E-state index contributed by atoms with van der Waals surface area (Å²) < 4.78 is 52.5. The zero-order valence-corrected chi connectivity index (χ0v) is 22.7. The van der Waals surface area contributed by atoms with E-state index in [-0.39, 0.29) is 37.3 Å². The topological polar surface area (TPSA) is 95.7 Å². The van der Waals surface area contributed by atoms with E-state index in [0.717, 1.165) is 11.6 Å². The molecule has 6 nitrogen and oxygen atoms in total. The number of nitrogens with one attached hydrogen (secondary N) is 1. The molecule has 0 bridgehead atoms. The molecule has 2 aromatic rings. The first-order valence-corrected chi connectivity index (χ1v) is 14.0. The third-order valence-electron chi connectivity index (χ3n) is 6.81. The number of halogens is 3. The number of rotatable bonds is 10. The number of aliphatic hydroxyl groups excluding tert-OH is 1. The number of benzene rings is 2. The molecule has 1 aliphatic heterocycles. The van der Waals surface area contributed by atoms with Crippen LogP contribution in [0, 0.1) is 17.6 Å². The highest BCUT2D eigenvalue weighted by Gasteiger charge is 2.31. The summed E-state index contributed by atoms with van der Waals surface area (Å²) in [6.07, 6.45) is 1.82. The maximum Gasteiger partial charge on any atom is 0.211 e. The number of sulfonamides is 1. The van der Waals surface area contributed by atoms with E-state index < -0.39 is 33.8 Å². The lowest BCUT2D eigenvalue weighted by atomic mass is 9.84. The number of aliphatic hydroxyl groups is 1. The highest BCUT2D eigenvalue weighted by atomic mass is 35.5. The van der Waals surface area contributed by atoms with Crippen molar-refractivity contribution in [1.29, 1.82) is 0 Å². The van der Waals surface area contributed by atoms with E-state index >= 15 is 0 Å².